The molecule has 98 valence electrons. The minimum absolute atomic E-state index is 0.290. The minimum Gasteiger partial charge on any atom is -0.359 e. The van der Waals surface area contributed by atoms with E-state index in [9.17, 15) is 0 Å². The molecule has 3 rings (SSSR count). The zero-order chi connectivity index (χ0) is 12.5. The van der Waals surface area contributed by atoms with Gasteiger partial charge in [-0.1, -0.05) is 48.7 Å². The van der Waals surface area contributed by atoms with Crippen molar-refractivity contribution < 1.29 is 4.74 Å². The summed E-state index contributed by atoms with van der Waals surface area (Å²) in [4.78, 5) is 0. The average Bonchev–Trinajstić information content (AvgIpc) is 2.59. The van der Waals surface area contributed by atoms with Crippen LogP contribution in [-0.2, 0) is 4.74 Å². The summed E-state index contributed by atoms with van der Waals surface area (Å²) in [7, 11) is 0. The van der Waals surface area contributed by atoms with Crippen molar-refractivity contribution in [2.75, 3.05) is 5.75 Å². The van der Waals surface area contributed by atoms with Gasteiger partial charge in [-0.15, -0.1) is 11.8 Å². The summed E-state index contributed by atoms with van der Waals surface area (Å²) in [5, 5.41) is 0. The van der Waals surface area contributed by atoms with Gasteiger partial charge in [0.05, 0.1) is 6.10 Å². The quantitative estimate of drug-likeness (QED) is 0.602. The minimum atomic E-state index is -1.31. The normalized spacial score (nSPS) is 48.2. The predicted octanol–water partition coefficient (Wildman–Crippen LogP) is 4.64. The Balaban J connectivity index is 1.85. The fourth-order valence-corrected chi connectivity index (χ4v) is 6.39. The van der Waals surface area contributed by atoms with Crippen molar-refractivity contribution in [2.24, 2.45) is 16.7 Å². The largest absolute Gasteiger partial charge is 0.359 e. The van der Waals surface area contributed by atoms with Crippen LogP contribution in [0.4, 0.5) is 0 Å². The van der Waals surface area contributed by atoms with Crippen LogP contribution in [0.2, 0.25) is 0 Å². The molecule has 0 aromatic carbocycles. The van der Waals surface area contributed by atoms with Crippen LogP contribution >= 0.6 is 46.6 Å². The maximum absolute atomic E-state index is 6.10. The van der Waals surface area contributed by atoms with E-state index in [2.05, 4.69) is 13.8 Å². The molecule has 1 saturated heterocycles. The van der Waals surface area contributed by atoms with Crippen LogP contribution in [-0.4, -0.2) is 21.1 Å². The molecule has 0 amide bonds. The van der Waals surface area contributed by atoms with Gasteiger partial charge in [-0.2, -0.15) is 0 Å². The van der Waals surface area contributed by atoms with E-state index in [0.717, 1.165) is 18.1 Å². The third-order valence-electron chi connectivity index (χ3n) is 5.41. The Kier molecular flexibility index (Phi) is 2.98. The third kappa shape index (κ3) is 1.71. The molecule has 0 aromatic rings. The lowest BCUT2D eigenvalue weighted by molar-refractivity contribution is -0.0645. The Bertz CT molecular complexity index is 341. The molecule has 1 heterocycles. The molecule has 3 unspecified atom stereocenters. The molecule has 4 atom stereocenters. The summed E-state index contributed by atoms with van der Waals surface area (Å²) in [6, 6.07) is 0. The SMILES string of the molecule is CC1(C)C2CCC13CS[C@H](C(Cl)(Cl)Cl)OC3C2. The zero-order valence-corrected chi connectivity index (χ0v) is 13.1. The van der Waals surface area contributed by atoms with E-state index in [0.29, 0.717) is 10.8 Å². The molecular weight excluding hydrogens is 299 g/mol. The first-order chi connectivity index (χ1) is 7.77. The van der Waals surface area contributed by atoms with Gasteiger partial charge in [0, 0.05) is 11.2 Å². The molecule has 5 heteroatoms. The average molecular weight is 316 g/mol. The fourth-order valence-electron chi connectivity index (χ4n) is 4.12. The van der Waals surface area contributed by atoms with Crippen LogP contribution in [0.3, 0.4) is 0 Å². The second kappa shape index (κ2) is 3.85. The molecule has 1 spiro atoms. The van der Waals surface area contributed by atoms with Gasteiger partial charge in [0.15, 0.2) is 5.44 Å². The van der Waals surface area contributed by atoms with Crippen LogP contribution in [0.15, 0.2) is 0 Å². The molecule has 2 aliphatic carbocycles. The molecule has 0 aromatic heterocycles. The van der Waals surface area contributed by atoms with Crippen molar-refractivity contribution in [1.82, 2.24) is 0 Å². The van der Waals surface area contributed by atoms with Crippen molar-refractivity contribution in [3.05, 3.63) is 0 Å². The van der Waals surface area contributed by atoms with Gasteiger partial charge in [0.25, 0.3) is 0 Å². The molecule has 3 fully saturated rings. The Hall–Kier alpha value is 1.18. The summed E-state index contributed by atoms with van der Waals surface area (Å²) >= 11 is 19.6. The van der Waals surface area contributed by atoms with E-state index >= 15 is 0 Å². The molecular formula is C12H17Cl3OS. The second-order valence-corrected chi connectivity index (χ2v) is 9.58. The number of ether oxygens (including phenoxy) is 1. The van der Waals surface area contributed by atoms with Gasteiger partial charge in [0.1, 0.15) is 0 Å². The van der Waals surface area contributed by atoms with E-state index in [-0.39, 0.29) is 11.5 Å². The topological polar surface area (TPSA) is 9.23 Å². The molecule has 0 radical (unpaired) electrons. The van der Waals surface area contributed by atoms with Crippen molar-refractivity contribution in [3.8, 4) is 0 Å². The molecule has 1 nitrogen and oxygen atoms in total. The maximum atomic E-state index is 6.10. The van der Waals surface area contributed by atoms with Gasteiger partial charge < -0.3 is 4.74 Å². The third-order valence-corrected chi connectivity index (χ3v) is 7.84. The van der Waals surface area contributed by atoms with Gasteiger partial charge in [0.2, 0.25) is 3.79 Å². The Morgan fingerprint density at radius 1 is 1.29 bits per heavy atom. The first kappa shape index (κ1) is 13.2. The van der Waals surface area contributed by atoms with Crippen LogP contribution in [0.1, 0.15) is 33.1 Å². The fraction of sp³-hybridized carbons (Fsp3) is 1.00. The van der Waals surface area contributed by atoms with E-state index in [1.807, 2.05) is 0 Å². The highest BCUT2D eigenvalue weighted by Gasteiger charge is 2.67. The Morgan fingerprint density at radius 3 is 2.59 bits per heavy atom. The summed E-state index contributed by atoms with van der Waals surface area (Å²) in [6.45, 7) is 4.79. The number of fused-ring (bicyclic) bond motifs is 1. The number of halogens is 3. The Labute approximate surface area is 122 Å². The Morgan fingerprint density at radius 2 is 2.00 bits per heavy atom. The van der Waals surface area contributed by atoms with Crippen molar-refractivity contribution >= 4 is 46.6 Å². The summed E-state index contributed by atoms with van der Waals surface area (Å²) in [5.41, 5.74) is 0.385. The van der Waals surface area contributed by atoms with E-state index < -0.39 is 3.79 Å². The van der Waals surface area contributed by atoms with Crippen molar-refractivity contribution in [2.45, 2.75) is 48.4 Å². The van der Waals surface area contributed by atoms with Crippen molar-refractivity contribution in [1.29, 1.82) is 0 Å². The first-order valence-corrected chi connectivity index (χ1v) is 8.29. The van der Waals surface area contributed by atoms with Gasteiger partial charge >= 0.3 is 0 Å². The first-order valence-electron chi connectivity index (χ1n) is 6.11. The van der Waals surface area contributed by atoms with Gasteiger partial charge in [-0.05, 0) is 30.6 Å². The molecule has 1 aliphatic heterocycles. The zero-order valence-electron chi connectivity index (χ0n) is 10.0. The molecule has 3 aliphatic rings. The number of hydrogen-bond acceptors (Lipinski definition) is 2. The number of thioether (sulfide) groups is 1. The summed E-state index contributed by atoms with van der Waals surface area (Å²) in [6.07, 6.45) is 4.05. The molecule has 0 N–H and O–H groups in total. The standard InChI is InChI=1S/C12H17Cl3OS/c1-10(2)7-3-4-11(10)6-17-9(12(13,14)15)16-8(11)5-7/h7-9H,3-6H2,1-2H3/t7?,8?,9-,11?/m1/s1. The van der Waals surface area contributed by atoms with E-state index in [4.69, 9.17) is 39.5 Å². The predicted molar refractivity (Wildman–Crippen MR) is 75.0 cm³/mol. The van der Waals surface area contributed by atoms with E-state index in [1.165, 1.54) is 12.8 Å². The highest BCUT2D eigenvalue weighted by molar-refractivity contribution is 8.00. The van der Waals surface area contributed by atoms with Crippen LogP contribution in [0, 0.1) is 16.7 Å². The van der Waals surface area contributed by atoms with Crippen LogP contribution < -0.4 is 0 Å². The monoisotopic (exact) mass is 314 g/mol. The lowest BCUT2D eigenvalue weighted by Crippen LogP contribution is -2.49. The number of hydrogen-bond donors (Lipinski definition) is 0. The van der Waals surface area contributed by atoms with E-state index in [1.54, 1.807) is 11.8 Å². The molecule has 2 saturated carbocycles. The highest BCUT2D eigenvalue weighted by Crippen LogP contribution is 2.70. The van der Waals surface area contributed by atoms with Crippen molar-refractivity contribution in [3.63, 3.8) is 0 Å². The smallest absolute Gasteiger partial charge is 0.225 e. The van der Waals surface area contributed by atoms with Gasteiger partial charge in [-0.3, -0.25) is 0 Å². The second-order valence-electron chi connectivity index (χ2n) is 6.16. The van der Waals surface area contributed by atoms with Crippen LogP contribution in [0.25, 0.3) is 0 Å². The lowest BCUT2D eigenvalue weighted by atomic mass is 9.69. The molecule has 2 bridgehead atoms. The number of rotatable bonds is 0. The van der Waals surface area contributed by atoms with Crippen LogP contribution in [0.5, 0.6) is 0 Å². The summed E-state index contributed by atoms with van der Waals surface area (Å²) in [5.74, 6) is 1.85. The molecule has 17 heavy (non-hydrogen) atoms. The number of alkyl halides is 3. The highest BCUT2D eigenvalue weighted by atomic mass is 35.6. The van der Waals surface area contributed by atoms with Gasteiger partial charge in [-0.25, -0.2) is 0 Å². The summed E-state index contributed by atoms with van der Waals surface area (Å²) < 4.78 is 4.79. The maximum Gasteiger partial charge on any atom is 0.225 e. The lowest BCUT2D eigenvalue weighted by Gasteiger charge is -2.48.